The van der Waals surface area contributed by atoms with Crippen molar-refractivity contribution in [1.82, 2.24) is 9.03 Å². The SMILES string of the molecule is O=S(=O)(NC1CCN(S(=O)(=O)c2ccccc2)CC1)c1cccs1. The van der Waals surface area contributed by atoms with Crippen molar-refractivity contribution < 1.29 is 16.8 Å². The first-order chi connectivity index (χ1) is 11.4. The Bertz CT molecular complexity index is 870. The van der Waals surface area contributed by atoms with Gasteiger partial charge in [0.2, 0.25) is 20.0 Å². The van der Waals surface area contributed by atoms with Crippen LogP contribution in [0.5, 0.6) is 0 Å². The molecule has 0 unspecified atom stereocenters. The second kappa shape index (κ2) is 6.93. The first-order valence-corrected chi connectivity index (χ1v) is 11.3. The van der Waals surface area contributed by atoms with Crippen LogP contribution in [0.1, 0.15) is 12.8 Å². The van der Waals surface area contributed by atoms with Gasteiger partial charge >= 0.3 is 0 Å². The number of thiophene rings is 1. The number of hydrogen-bond acceptors (Lipinski definition) is 5. The maximum Gasteiger partial charge on any atom is 0.250 e. The molecule has 0 radical (unpaired) electrons. The molecule has 6 nitrogen and oxygen atoms in total. The standard InChI is InChI=1S/C15H18N2O4S3/c18-23(19,15-7-4-12-22-15)16-13-8-10-17(11-9-13)24(20,21)14-5-2-1-3-6-14/h1-7,12-13,16H,8-11H2. The van der Waals surface area contributed by atoms with E-state index in [4.69, 9.17) is 0 Å². The fourth-order valence-corrected chi connectivity index (χ4v) is 6.45. The summed E-state index contributed by atoms with van der Waals surface area (Å²) >= 11 is 1.16. The van der Waals surface area contributed by atoms with E-state index in [9.17, 15) is 16.8 Å². The summed E-state index contributed by atoms with van der Waals surface area (Å²) in [5.74, 6) is 0. The lowest BCUT2D eigenvalue weighted by Gasteiger charge is -2.31. The Hall–Kier alpha value is -1.26. The normalized spacial score (nSPS) is 17.8. The summed E-state index contributed by atoms with van der Waals surface area (Å²) in [5.41, 5.74) is 0. The Balaban J connectivity index is 1.64. The predicted octanol–water partition coefficient (Wildman–Crippen LogP) is 1.88. The minimum absolute atomic E-state index is 0.251. The molecule has 2 aromatic rings. The lowest BCUT2D eigenvalue weighted by Crippen LogP contribution is -2.46. The second-order valence-corrected chi connectivity index (χ2v) is 10.4. The summed E-state index contributed by atoms with van der Waals surface area (Å²) in [6, 6.07) is 11.3. The summed E-state index contributed by atoms with van der Waals surface area (Å²) in [6.45, 7) is 0.601. The number of nitrogens with zero attached hydrogens (tertiary/aromatic N) is 1. The molecule has 0 atom stereocenters. The van der Waals surface area contributed by atoms with Crippen molar-refractivity contribution in [1.29, 1.82) is 0 Å². The minimum atomic E-state index is -3.52. The number of hydrogen-bond donors (Lipinski definition) is 1. The molecule has 1 saturated heterocycles. The molecule has 0 amide bonds. The van der Waals surface area contributed by atoms with Gasteiger partial charge in [-0.2, -0.15) is 4.31 Å². The van der Waals surface area contributed by atoms with Crippen LogP contribution < -0.4 is 4.72 Å². The molecule has 1 N–H and O–H groups in total. The van der Waals surface area contributed by atoms with Crippen molar-refractivity contribution in [3.63, 3.8) is 0 Å². The van der Waals surface area contributed by atoms with Crippen LogP contribution in [0.15, 0.2) is 56.9 Å². The van der Waals surface area contributed by atoms with Crippen molar-refractivity contribution in [2.75, 3.05) is 13.1 Å². The van der Waals surface area contributed by atoms with E-state index in [1.54, 1.807) is 47.8 Å². The molecule has 1 aromatic carbocycles. The molecule has 0 aliphatic carbocycles. The lowest BCUT2D eigenvalue weighted by atomic mass is 10.1. The van der Waals surface area contributed by atoms with Gasteiger partial charge in [-0.25, -0.2) is 21.6 Å². The van der Waals surface area contributed by atoms with Crippen LogP contribution in [0.2, 0.25) is 0 Å². The Morgan fingerprint density at radius 2 is 1.62 bits per heavy atom. The highest BCUT2D eigenvalue weighted by molar-refractivity contribution is 7.91. The smallest absolute Gasteiger partial charge is 0.207 e. The fraction of sp³-hybridized carbons (Fsp3) is 0.333. The summed E-state index contributed by atoms with van der Waals surface area (Å²) < 4.78 is 53.9. The van der Waals surface area contributed by atoms with Crippen molar-refractivity contribution >= 4 is 31.4 Å². The van der Waals surface area contributed by atoms with Gasteiger partial charge in [-0.05, 0) is 36.4 Å². The zero-order valence-electron chi connectivity index (χ0n) is 12.8. The molecule has 3 rings (SSSR count). The molecule has 1 aromatic heterocycles. The predicted molar refractivity (Wildman–Crippen MR) is 92.9 cm³/mol. The van der Waals surface area contributed by atoms with Gasteiger partial charge in [-0.3, -0.25) is 0 Å². The van der Waals surface area contributed by atoms with Crippen LogP contribution in [0.3, 0.4) is 0 Å². The van der Waals surface area contributed by atoms with Crippen molar-refractivity contribution in [2.24, 2.45) is 0 Å². The first kappa shape index (κ1) is 17.6. The Kier molecular flexibility index (Phi) is 5.07. The zero-order chi connectivity index (χ0) is 17.2. The Labute approximate surface area is 146 Å². The van der Waals surface area contributed by atoms with E-state index in [0.717, 1.165) is 11.3 Å². The highest BCUT2D eigenvalue weighted by Crippen LogP contribution is 2.22. The topological polar surface area (TPSA) is 83.6 Å². The van der Waals surface area contributed by atoms with Gasteiger partial charge < -0.3 is 0 Å². The maximum atomic E-state index is 12.6. The number of rotatable bonds is 5. The van der Waals surface area contributed by atoms with Gasteiger partial charge in [0.05, 0.1) is 4.90 Å². The van der Waals surface area contributed by atoms with Crippen LogP contribution in [0.25, 0.3) is 0 Å². The van der Waals surface area contributed by atoms with Gasteiger partial charge in [0.25, 0.3) is 0 Å². The number of sulfonamides is 2. The van der Waals surface area contributed by atoms with E-state index < -0.39 is 20.0 Å². The monoisotopic (exact) mass is 386 g/mol. The molecule has 0 bridgehead atoms. The molecule has 24 heavy (non-hydrogen) atoms. The Morgan fingerprint density at radius 1 is 0.958 bits per heavy atom. The average molecular weight is 387 g/mol. The van der Waals surface area contributed by atoms with E-state index in [2.05, 4.69) is 4.72 Å². The maximum absolute atomic E-state index is 12.6. The third kappa shape index (κ3) is 3.70. The quantitative estimate of drug-likeness (QED) is 0.850. The van der Waals surface area contributed by atoms with Gasteiger partial charge in [0.1, 0.15) is 4.21 Å². The largest absolute Gasteiger partial charge is 0.250 e. The van der Waals surface area contributed by atoms with Gasteiger partial charge in [0.15, 0.2) is 0 Å². The van der Waals surface area contributed by atoms with E-state index in [-0.39, 0.29) is 15.1 Å². The summed E-state index contributed by atoms with van der Waals surface area (Å²) in [6.07, 6.45) is 0.910. The molecular weight excluding hydrogens is 368 g/mol. The van der Waals surface area contributed by atoms with Gasteiger partial charge in [-0.1, -0.05) is 24.3 Å². The second-order valence-electron chi connectivity index (χ2n) is 5.54. The summed E-state index contributed by atoms with van der Waals surface area (Å²) in [4.78, 5) is 0.266. The van der Waals surface area contributed by atoms with Crippen molar-refractivity contribution in [2.45, 2.75) is 28.0 Å². The lowest BCUT2D eigenvalue weighted by molar-refractivity contribution is 0.308. The summed E-state index contributed by atoms with van der Waals surface area (Å²) in [5, 5.41) is 1.71. The molecule has 1 aliphatic heterocycles. The zero-order valence-corrected chi connectivity index (χ0v) is 15.3. The summed E-state index contributed by atoms with van der Waals surface area (Å²) in [7, 11) is -7.04. The van der Waals surface area contributed by atoms with Gasteiger partial charge in [0, 0.05) is 19.1 Å². The van der Waals surface area contributed by atoms with E-state index in [1.165, 1.54) is 4.31 Å². The molecule has 9 heteroatoms. The number of benzene rings is 1. The third-order valence-corrected chi connectivity index (χ3v) is 8.75. The first-order valence-electron chi connectivity index (χ1n) is 7.51. The molecule has 0 spiro atoms. The molecule has 2 heterocycles. The number of nitrogens with one attached hydrogen (secondary N) is 1. The molecule has 1 aliphatic rings. The van der Waals surface area contributed by atoms with Crippen LogP contribution in [-0.4, -0.2) is 40.3 Å². The highest BCUT2D eigenvalue weighted by Gasteiger charge is 2.31. The number of piperidine rings is 1. The minimum Gasteiger partial charge on any atom is -0.207 e. The van der Waals surface area contributed by atoms with Crippen LogP contribution in [0, 0.1) is 0 Å². The Morgan fingerprint density at radius 3 is 2.21 bits per heavy atom. The third-order valence-electron chi connectivity index (χ3n) is 3.92. The van der Waals surface area contributed by atoms with Gasteiger partial charge in [-0.15, -0.1) is 11.3 Å². The molecular formula is C15H18N2O4S3. The average Bonchev–Trinajstić information content (AvgIpc) is 3.11. The molecule has 130 valence electrons. The van der Waals surface area contributed by atoms with E-state index >= 15 is 0 Å². The molecule has 0 saturated carbocycles. The van der Waals surface area contributed by atoms with E-state index in [1.807, 2.05) is 0 Å². The van der Waals surface area contributed by atoms with E-state index in [0.29, 0.717) is 25.9 Å². The van der Waals surface area contributed by atoms with Crippen LogP contribution in [-0.2, 0) is 20.0 Å². The highest BCUT2D eigenvalue weighted by atomic mass is 32.2. The van der Waals surface area contributed by atoms with Crippen molar-refractivity contribution in [3.8, 4) is 0 Å². The molecule has 1 fully saturated rings. The van der Waals surface area contributed by atoms with Crippen LogP contribution >= 0.6 is 11.3 Å². The fourth-order valence-electron chi connectivity index (χ4n) is 2.65. The van der Waals surface area contributed by atoms with Crippen LogP contribution in [0.4, 0.5) is 0 Å². The van der Waals surface area contributed by atoms with Crippen molar-refractivity contribution in [3.05, 3.63) is 47.8 Å².